The van der Waals surface area contributed by atoms with Gasteiger partial charge in [0.05, 0.1) is 33.2 Å². The zero-order chi connectivity index (χ0) is 57.4. The third-order valence-electron chi connectivity index (χ3n) is 18.5. The molecule has 2 nitrogen and oxygen atoms in total. The van der Waals surface area contributed by atoms with E-state index in [1.165, 1.54) is 144 Å². The molecule has 2 heteroatoms. The van der Waals surface area contributed by atoms with Gasteiger partial charge in [-0.3, -0.25) is 0 Å². The highest BCUT2D eigenvalue weighted by Crippen LogP contribution is 2.57. The van der Waals surface area contributed by atoms with Gasteiger partial charge in [0.2, 0.25) is 0 Å². The van der Waals surface area contributed by atoms with E-state index >= 15 is 0 Å². The first-order valence-electron chi connectivity index (χ1n) is 30.1. The fourth-order valence-electron chi connectivity index (χ4n) is 14.4. The largest absolute Gasteiger partial charge is 0.309 e. The summed E-state index contributed by atoms with van der Waals surface area (Å²) < 4.78 is 4.86. The highest BCUT2D eigenvalue weighted by atomic mass is 15.0. The Morgan fingerprint density at radius 1 is 0.195 bits per heavy atom. The summed E-state index contributed by atoms with van der Waals surface area (Å²) in [5.74, 6) is 0. The van der Waals surface area contributed by atoms with Crippen molar-refractivity contribution in [2.24, 2.45) is 0 Å². The third-order valence-corrected chi connectivity index (χ3v) is 18.5. The van der Waals surface area contributed by atoms with Gasteiger partial charge in [-0.05, 0) is 161 Å². The Labute approximate surface area is 506 Å². The summed E-state index contributed by atoms with van der Waals surface area (Å²) in [7, 11) is 0. The fraction of sp³-hybridized carbons (Fsp3) is 0.0118. The molecule has 0 unspecified atom stereocenters. The first-order valence-corrected chi connectivity index (χ1v) is 30.1. The summed E-state index contributed by atoms with van der Waals surface area (Å²) in [5.41, 5.74) is 28.6. The minimum atomic E-state index is -0.515. The van der Waals surface area contributed by atoms with Crippen molar-refractivity contribution in [1.29, 1.82) is 0 Å². The SMILES string of the molecule is c1ccc(-c2ccc(-n3c4ccccc4c4cc(-c5ccc6c(c5)c5ccccc5n6-c5ccccc5-c5ccc(-c6ccc(-c7cccc(C8(c9cccc(-c%10ccccc%10)c9)c9ccccc9-c9ccccc98)c7)cc6)cc5)ccc43)cc2)cc1. The molecule has 0 atom stereocenters. The zero-order valence-electron chi connectivity index (χ0n) is 47.7. The average Bonchev–Trinajstić information content (AvgIpc) is 1.64. The average molecular weight is 1110 g/mol. The van der Waals surface area contributed by atoms with Crippen LogP contribution in [-0.2, 0) is 5.41 Å². The number of aromatic nitrogens is 2. The van der Waals surface area contributed by atoms with Crippen LogP contribution in [0.2, 0.25) is 0 Å². The Morgan fingerprint density at radius 3 is 1.08 bits per heavy atom. The molecular weight excluding hydrogens is 1050 g/mol. The monoisotopic (exact) mass is 1100 g/mol. The minimum Gasteiger partial charge on any atom is -0.309 e. The van der Waals surface area contributed by atoms with Crippen molar-refractivity contribution < 1.29 is 0 Å². The normalized spacial score (nSPS) is 12.5. The van der Waals surface area contributed by atoms with Crippen LogP contribution in [0.3, 0.4) is 0 Å². The molecule has 0 saturated carbocycles. The van der Waals surface area contributed by atoms with Crippen LogP contribution in [0.1, 0.15) is 22.3 Å². The van der Waals surface area contributed by atoms with Gasteiger partial charge in [-0.2, -0.15) is 0 Å². The predicted octanol–water partition coefficient (Wildman–Crippen LogP) is 22.2. The van der Waals surface area contributed by atoms with Crippen molar-refractivity contribution in [2.45, 2.75) is 5.41 Å². The molecule has 2 heterocycles. The Kier molecular flexibility index (Phi) is 11.8. The van der Waals surface area contributed by atoms with Gasteiger partial charge in [-0.25, -0.2) is 0 Å². The quantitative estimate of drug-likeness (QED) is 0.129. The van der Waals surface area contributed by atoms with E-state index in [1.807, 2.05) is 0 Å². The molecule has 0 spiro atoms. The summed E-state index contributed by atoms with van der Waals surface area (Å²) in [6.07, 6.45) is 0. The molecule has 1 aliphatic rings. The topological polar surface area (TPSA) is 9.86 Å². The van der Waals surface area contributed by atoms with Gasteiger partial charge in [0.25, 0.3) is 0 Å². The Morgan fingerprint density at radius 2 is 0.540 bits per heavy atom. The second-order valence-electron chi connectivity index (χ2n) is 23.1. The lowest BCUT2D eigenvalue weighted by atomic mass is 9.67. The molecule has 0 fully saturated rings. The Balaban J connectivity index is 0.687. The molecule has 0 saturated heterocycles. The number of rotatable bonds is 10. The third kappa shape index (κ3) is 8.17. The van der Waals surface area contributed by atoms with Crippen LogP contribution >= 0.6 is 0 Å². The van der Waals surface area contributed by atoms with Crippen LogP contribution in [-0.4, -0.2) is 9.13 Å². The first-order chi connectivity index (χ1) is 43.1. The van der Waals surface area contributed by atoms with Crippen LogP contribution in [0.25, 0.3) is 133 Å². The van der Waals surface area contributed by atoms with E-state index in [0.717, 1.165) is 11.4 Å². The summed E-state index contributed by atoms with van der Waals surface area (Å²) in [4.78, 5) is 0. The molecule has 16 aromatic rings. The van der Waals surface area contributed by atoms with Crippen molar-refractivity contribution in [2.75, 3.05) is 0 Å². The van der Waals surface area contributed by atoms with Gasteiger partial charge in [0, 0.05) is 32.8 Å². The molecule has 1 aliphatic carbocycles. The van der Waals surface area contributed by atoms with E-state index < -0.39 is 5.41 Å². The Hall–Kier alpha value is -11.3. The summed E-state index contributed by atoms with van der Waals surface area (Å²) in [6, 6.07) is 126. The van der Waals surface area contributed by atoms with E-state index in [4.69, 9.17) is 0 Å². The molecule has 14 aromatic carbocycles. The van der Waals surface area contributed by atoms with Gasteiger partial charge in [-0.15, -0.1) is 0 Å². The van der Waals surface area contributed by atoms with Crippen molar-refractivity contribution in [3.05, 3.63) is 362 Å². The van der Waals surface area contributed by atoms with Crippen LogP contribution in [0.15, 0.2) is 340 Å². The lowest BCUT2D eigenvalue weighted by Crippen LogP contribution is -2.28. The lowest BCUT2D eigenvalue weighted by Gasteiger charge is -2.34. The molecule has 0 radical (unpaired) electrons. The van der Waals surface area contributed by atoms with Gasteiger partial charge < -0.3 is 9.13 Å². The molecule has 0 amide bonds. The molecule has 406 valence electrons. The van der Waals surface area contributed by atoms with E-state index in [9.17, 15) is 0 Å². The van der Waals surface area contributed by atoms with Crippen LogP contribution < -0.4 is 0 Å². The number of fused-ring (bicyclic) bond motifs is 9. The van der Waals surface area contributed by atoms with Gasteiger partial charge >= 0.3 is 0 Å². The van der Waals surface area contributed by atoms with E-state index in [1.54, 1.807) is 0 Å². The number of benzene rings is 14. The summed E-state index contributed by atoms with van der Waals surface area (Å²) in [5, 5.41) is 4.94. The summed E-state index contributed by atoms with van der Waals surface area (Å²) >= 11 is 0. The second-order valence-corrected chi connectivity index (χ2v) is 23.1. The van der Waals surface area contributed by atoms with Crippen molar-refractivity contribution in [3.8, 4) is 89.3 Å². The van der Waals surface area contributed by atoms with Crippen molar-refractivity contribution in [3.63, 3.8) is 0 Å². The van der Waals surface area contributed by atoms with Crippen LogP contribution in [0, 0.1) is 0 Å². The second kappa shape index (κ2) is 20.5. The van der Waals surface area contributed by atoms with Crippen molar-refractivity contribution >= 4 is 43.6 Å². The maximum atomic E-state index is 2.46. The van der Waals surface area contributed by atoms with E-state index in [2.05, 4.69) is 349 Å². The molecule has 87 heavy (non-hydrogen) atoms. The molecular formula is C85H56N2. The van der Waals surface area contributed by atoms with Crippen molar-refractivity contribution in [1.82, 2.24) is 9.13 Å². The first kappa shape index (κ1) is 50.2. The van der Waals surface area contributed by atoms with E-state index in [0.29, 0.717) is 0 Å². The number of nitrogens with zero attached hydrogens (tertiary/aromatic N) is 2. The molecule has 0 bridgehead atoms. The van der Waals surface area contributed by atoms with Gasteiger partial charge in [-0.1, -0.05) is 273 Å². The maximum absolute atomic E-state index is 2.46. The smallest absolute Gasteiger partial charge is 0.0713 e. The van der Waals surface area contributed by atoms with Crippen LogP contribution in [0.5, 0.6) is 0 Å². The van der Waals surface area contributed by atoms with Gasteiger partial charge in [0.1, 0.15) is 0 Å². The number of hydrogen-bond donors (Lipinski definition) is 0. The zero-order valence-corrected chi connectivity index (χ0v) is 47.7. The molecule has 2 aromatic heterocycles. The fourth-order valence-corrected chi connectivity index (χ4v) is 14.4. The Bertz CT molecular complexity index is 5250. The minimum absolute atomic E-state index is 0.515. The highest BCUT2D eigenvalue weighted by Gasteiger charge is 2.46. The maximum Gasteiger partial charge on any atom is 0.0713 e. The number of para-hydroxylation sites is 3. The molecule has 0 N–H and O–H groups in total. The standard InChI is InChI=1S/C85H56N2/c1-3-19-57(20-4-1)61-45-49-70(50-46-61)86-81-35-15-10-30-74(81)76-55-66(47-51-83(76)86)67-48-52-84-77(56-67)75-31-11-16-36-82(75)87(84)80-34-14-9-27-71(80)63-43-41-60(42-44-63)59-37-39-62(40-38-59)65-24-18-26-69(54-65)85(68-25-17-23-64(53-68)58-21-5-2-6-22-58)78-32-12-7-28-72(78)73-29-8-13-33-79(73)85/h1-56H. The lowest BCUT2D eigenvalue weighted by molar-refractivity contribution is 0.769. The van der Waals surface area contributed by atoms with Crippen LogP contribution in [0.4, 0.5) is 0 Å². The predicted molar refractivity (Wildman–Crippen MR) is 365 cm³/mol. The van der Waals surface area contributed by atoms with E-state index in [-0.39, 0.29) is 0 Å². The molecule has 17 rings (SSSR count). The summed E-state index contributed by atoms with van der Waals surface area (Å²) in [6.45, 7) is 0. The van der Waals surface area contributed by atoms with Gasteiger partial charge in [0.15, 0.2) is 0 Å². The number of hydrogen-bond acceptors (Lipinski definition) is 0. The molecule has 0 aliphatic heterocycles. The highest BCUT2D eigenvalue weighted by molar-refractivity contribution is 6.13.